The molecule has 78 valence electrons. The van der Waals surface area contributed by atoms with Gasteiger partial charge < -0.3 is 0 Å². The summed E-state index contributed by atoms with van der Waals surface area (Å²) < 4.78 is 0. The van der Waals surface area contributed by atoms with Crippen LogP contribution in [0.15, 0.2) is 18.3 Å². The first kappa shape index (κ1) is 10.1. The summed E-state index contributed by atoms with van der Waals surface area (Å²) in [4.78, 5) is 2.33. The highest BCUT2D eigenvalue weighted by molar-refractivity contribution is 4.99. The third kappa shape index (κ3) is 2.74. The Morgan fingerprint density at radius 3 is 2.87 bits per heavy atom. The van der Waals surface area contributed by atoms with Gasteiger partial charge in [-0.1, -0.05) is 0 Å². The second kappa shape index (κ2) is 4.85. The molecule has 2 heterocycles. The lowest BCUT2D eigenvalue weighted by Crippen LogP contribution is -2.33. The minimum atomic E-state index is 0.253. The largest absolute Gasteiger partial charge is 0.297 e. The van der Waals surface area contributed by atoms with E-state index >= 15 is 0 Å². The molecule has 0 aliphatic carbocycles. The van der Waals surface area contributed by atoms with Crippen LogP contribution >= 0.6 is 0 Å². The Bertz CT molecular complexity index is 335. The van der Waals surface area contributed by atoms with Gasteiger partial charge in [-0.2, -0.15) is 15.5 Å². The van der Waals surface area contributed by atoms with Crippen molar-refractivity contribution in [2.75, 3.05) is 13.1 Å². The summed E-state index contributed by atoms with van der Waals surface area (Å²) in [5, 5.41) is 16.7. The molecule has 0 radical (unpaired) electrons. The standard InChI is InChI=1S/C11H14N4/c12-8-10-3-6-15(7-4-10)9-11-2-1-5-13-14-11/h1-2,5,10H,3-4,6-7,9H2. The molecule has 0 amide bonds. The lowest BCUT2D eigenvalue weighted by molar-refractivity contribution is 0.195. The molecule has 1 fully saturated rings. The minimum absolute atomic E-state index is 0.253. The van der Waals surface area contributed by atoms with E-state index in [0.717, 1.165) is 38.2 Å². The number of nitriles is 1. The van der Waals surface area contributed by atoms with Gasteiger partial charge in [-0.3, -0.25) is 4.90 Å². The van der Waals surface area contributed by atoms with Gasteiger partial charge in [-0.25, -0.2) is 0 Å². The Kier molecular flexibility index (Phi) is 3.25. The summed E-state index contributed by atoms with van der Waals surface area (Å²) >= 11 is 0. The maximum atomic E-state index is 8.78. The van der Waals surface area contributed by atoms with Crippen molar-refractivity contribution in [1.82, 2.24) is 15.1 Å². The average Bonchev–Trinajstić information content (AvgIpc) is 2.31. The van der Waals surface area contributed by atoms with Crippen LogP contribution in [0.1, 0.15) is 18.5 Å². The molecule has 0 N–H and O–H groups in total. The maximum absolute atomic E-state index is 8.78. The molecule has 0 atom stereocenters. The number of piperidine rings is 1. The van der Waals surface area contributed by atoms with Gasteiger partial charge in [0.1, 0.15) is 0 Å². The molecule has 1 aromatic heterocycles. The molecule has 0 unspecified atom stereocenters. The number of likely N-dealkylation sites (tertiary alicyclic amines) is 1. The fourth-order valence-electron chi connectivity index (χ4n) is 1.87. The number of rotatable bonds is 2. The summed E-state index contributed by atoms with van der Waals surface area (Å²) in [7, 11) is 0. The molecule has 0 saturated carbocycles. The van der Waals surface area contributed by atoms with E-state index in [0.29, 0.717) is 0 Å². The average molecular weight is 202 g/mol. The summed E-state index contributed by atoms with van der Waals surface area (Å²) in [6.45, 7) is 2.84. The van der Waals surface area contributed by atoms with E-state index in [1.165, 1.54) is 0 Å². The lowest BCUT2D eigenvalue weighted by Gasteiger charge is -2.28. The zero-order valence-electron chi connectivity index (χ0n) is 8.63. The summed E-state index contributed by atoms with van der Waals surface area (Å²) in [5.74, 6) is 0.253. The second-order valence-electron chi connectivity index (χ2n) is 3.89. The maximum Gasteiger partial charge on any atom is 0.0771 e. The van der Waals surface area contributed by atoms with Crippen molar-refractivity contribution in [2.45, 2.75) is 19.4 Å². The van der Waals surface area contributed by atoms with Crippen molar-refractivity contribution >= 4 is 0 Å². The molecule has 1 aliphatic rings. The fraction of sp³-hybridized carbons (Fsp3) is 0.545. The highest BCUT2D eigenvalue weighted by Crippen LogP contribution is 2.17. The number of aromatic nitrogens is 2. The van der Waals surface area contributed by atoms with Crippen LogP contribution in [0.2, 0.25) is 0 Å². The van der Waals surface area contributed by atoms with Gasteiger partial charge in [0.25, 0.3) is 0 Å². The SMILES string of the molecule is N#CC1CCN(Cc2cccnn2)CC1. The van der Waals surface area contributed by atoms with E-state index < -0.39 is 0 Å². The molecule has 0 bridgehead atoms. The van der Waals surface area contributed by atoms with E-state index in [1.54, 1.807) is 6.20 Å². The van der Waals surface area contributed by atoms with Gasteiger partial charge >= 0.3 is 0 Å². The minimum Gasteiger partial charge on any atom is -0.297 e. The van der Waals surface area contributed by atoms with Crippen molar-refractivity contribution < 1.29 is 0 Å². The summed E-state index contributed by atoms with van der Waals surface area (Å²) in [6, 6.07) is 6.23. The Hall–Kier alpha value is -1.47. The Labute approximate surface area is 89.5 Å². The smallest absolute Gasteiger partial charge is 0.0771 e. The van der Waals surface area contributed by atoms with E-state index in [1.807, 2.05) is 12.1 Å². The first-order valence-corrected chi connectivity index (χ1v) is 5.27. The van der Waals surface area contributed by atoms with Crippen LogP contribution in [0.5, 0.6) is 0 Å². The zero-order chi connectivity index (χ0) is 10.5. The van der Waals surface area contributed by atoms with Gasteiger partial charge in [-0.15, -0.1) is 0 Å². The number of hydrogen-bond acceptors (Lipinski definition) is 4. The van der Waals surface area contributed by atoms with Gasteiger partial charge in [0.05, 0.1) is 11.8 Å². The number of nitrogens with zero attached hydrogens (tertiary/aromatic N) is 4. The molecule has 1 saturated heterocycles. The number of hydrogen-bond donors (Lipinski definition) is 0. The monoisotopic (exact) mass is 202 g/mol. The molecule has 0 aromatic carbocycles. The van der Waals surface area contributed by atoms with Crippen molar-refractivity contribution in [1.29, 1.82) is 5.26 Å². The van der Waals surface area contributed by atoms with Crippen molar-refractivity contribution in [3.05, 3.63) is 24.0 Å². The molecule has 1 aliphatic heterocycles. The second-order valence-corrected chi connectivity index (χ2v) is 3.89. The Balaban J connectivity index is 1.85. The first-order chi connectivity index (χ1) is 7.38. The van der Waals surface area contributed by atoms with Crippen LogP contribution in [0.25, 0.3) is 0 Å². The Morgan fingerprint density at radius 2 is 2.27 bits per heavy atom. The molecule has 1 aromatic rings. The van der Waals surface area contributed by atoms with Gasteiger partial charge in [0.15, 0.2) is 0 Å². The third-order valence-electron chi connectivity index (χ3n) is 2.78. The van der Waals surface area contributed by atoms with E-state index in [9.17, 15) is 0 Å². The molecular weight excluding hydrogens is 188 g/mol. The van der Waals surface area contributed by atoms with Crippen LogP contribution in [0.4, 0.5) is 0 Å². The molecular formula is C11H14N4. The molecule has 0 spiro atoms. The summed E-state index contributed by atoms with van der Waals surface area (Å²) in [6.07, 6.45) is 3.65. The van der Waals surface area contributed by atoms with E-state index in [2.05, 4.69) is 21.2 Å². The molecule has 4 nitrogen and oxygen atoms in total. The normalized spacial score (nSPS) is 18.6. The van der Waals surface area contributed by atoms with Crippen LogP contribution in [0, 0.1) is 17.2 Å². The van der Waals surface area contributed by atoms with E-state index in [-0.39, 0.29) is 5.92 Å². The van der Waals surface area contributed by atoms with Crippen LogP contribution in [0.3, 0.4) is 0 Å². The van der Waals surface area contributed by atoms with E-state index in [4.69, 9.17) is 5.26 Å². The highest BCUT2D eigenvalue weighted by Gasteiger charge is 2.18. The fourth-order valence-corrected chi connectivity index (χ4v) is 1.87. The zero-order valence-corrected chi connectivity index (χ0v) is 8.63. The lowest BCUT2D eigenvalue weighted by atomic mass is 9.98. The van der Waals surface area contributed by atoms with Crippen molar-refractivity contribution in [2.24, 2.45) is 5.92 Å². The van der Waals surface area contributed by atoms with Crippen molar-refractivity contribution in [3.8, 4) is 6.07 Å². The highest BCUT2D eigenvalue weighted by atomic mass is 15.2. The summed E-state index contributed by atoms with van der Waals surface area (Å²) in [5.41, 5.74) is 1.01. The van der Waals surface area contributed by atoms with Gasteiger partial charge in [-0.05, 0) is 38.1 Å². The van der Waals surface area contributed by atoms with Gasteiger partial charge in [0.2, 0.25) is 0 Å². The quantitative estimate of drug-likeness (QED) is 0.723. The van der Waals surface area contributed by atoms with Crippen LogP contribution in [-0.4, -0.2) is 28.2 Å². The first-order valence-electron chi connectivity index (χ1n) is 5.27. The van der Waals surface area contributed by atoms with Gasteiger partial charge in [0, 0.05) is 18.7 Å². The third-order valence-corrected chi connectivity index (χ3v) is 2.78. The Morgan fingerprint density at radius 1 is 1.47 bits per heavy atom. The predicted molar refractivity (Wildman–Crippen MR) is 55.6 cm³/mol. The topological polar surface area (TPSA) is 52.8 Å². The molecule has 2 rings (SSSR count). The predicted octanol–water partition coefficient (Wildman–Crippen LogP) is 1.21. The molecule has 15 heavy (non-hydrogen) atoms. The van der Waals surface area contributed by atoms with Crippen LogP contribution in [-0.2, 0) is 6.54 Å². The molecule has 4 heteroatoms. The van der Waals surface area contributed by atoms with Crippen molar-refractivity contribution in [3.63, 3.8) is 0 Å². The van der Waals surface area contributed by atoms with Crippen LogP contribution < -0.4 is 0 Å².